The highest BCUT2D eigenvalue weighted by Gasteiger charge is 2.31. The molecule has 0 spiro atoms. The monoisotopic (exact) mass is 365 g/mol. The van der Waals surface area contributed by atoms with Crippen LogP contribution in [0.5, 0.6) is 0 Å². The topological polar surface area (TPSA) is 62.3 Å². The summed E-state index contributed by atoms with van der Waals surface area (Å²) in [5.41, 5.74) is 0.132. The van der Waals surface area contributed by atoms with Crippen molar-refractivity contribution in [1.82, 2.24) is 10.3 Å². The van der Waals surface area contributed by atoms with Gasteiger partial charge in [0.1, 0.15) is 0 Å². The Hall–Kier alpha value is -2.90. The Balaban J connectivity index is 1.98. The van der Waals surface area contributed by atoms with Crippen LogP contribution in [-0.4, -0.2) is 23.3 Å². The summed E-state index contributed by atoms with van der Waals surface area (Å²) in [5.74, 6) is -0.744. The Morgan fingerprint density at radius 3 is 2.46 bits per heavy atom. The van der Waals surface area contributed by atoms with Crippen molar-refractivity contribution in [2.24, 2.45) is 0 Å². The minimum atomic E-state index is -4.50. The van der Waals surface area contributed by atoms with Crippen LogP contribution < -0.4 is 10.2 Å². The van der Waals surface area contributed by atoms with Crippen LogP contribution in [0.15, 0.2) is 48.8 Å². The van der Waals surface area contributed by atoms with Crippen molar-refractivity contribution >= 4 is 17.5 Å². The van der Waals surface area contributed by atoms with Gasteiger partial charge in [-0.3, -0.25) is 14.6 Å². The van der Waals surface area contributed by atoms with Crippen molar-refractivity contribution < 1.29 is 22.8 Å². The fraction of sp³-hybridized carbons (Fsp3) is 0.278. The molecule has 8 heteroatoms. The zero-order chi connectivity index (χ0) is 19.2. The lowest BCUT2D eigenvalue weighted by Gasteiger charge is -2.22. The van der Waals surface area contributed by atoms with Gasteiger partial charge in [-0.25, -0.2) is 0 Å². The third-order valence-corrected chi connectivity index (χ3v) is 3.67. The van der Waals surface area contributed by atoms with Crippen LogP contribution in [0.1, 0.15) is 24.5 Å². The molecule has 0 fully saturated rings. The van der Waals surface area contributed by atoms with Gasteiger partial charge in [-0.2, -0.15) is 13.2 Å². The Labute approximate surface area is 148 Å². The molecule has 2 amide bonds. The highest BCUT2D eigenvalue weighted by atomic mass is 19.4. The number of rotatable bonds is 6. The van der Waals surface area contributed by atoms with Crippen LogP contribution in [0.25, 0.3) is 0 Å². The molecule has 2 aromatic rings. The summed E-state index contributed by atoms with van der Waals surface area (Å²) in [6.45, 7) is 1.54. The van der Waals surface area contributed by atoms with E-state index in [-0.39, 0.29) is 24.6 Å². The van der Waals surface area contributed by atoms with E-state index in [1.54, 1.807) is 24.5 Å². The maximum Gasteiger partial charge on any atom is 0.416 e. The molecule has 0 saturated heterocycles. The Morgan fingerprint density at radius 2 is 1.85 bits per heavy atom. The minimum absolute atomic E-state index is 0.0151. The van der Waals surface area contributed by atoms with Crippen molar-refractivity contribution in [3.63, 3.8) is 0 Å². The molecule has 2 rings (SSSR count). The average molecular weight is 365 g/mol. The third-order valence-electron chi connectivity index (χ3n) is 3.67. The number of benzene rings is 1. The normalized spacial score (nSPS) is 11.1. The predicted octanol–water partition coefficient (Wildman–Crippen LogP) is 3.16. The number of alkyl halides is 3. The van der Waals surface area contributed by atoms with Gasteiger partial charge in [-0.05, 0) is 35.9 Å². The maximum absolute atomic E-state index is 12.8. The predicted molar refractivity (Wildman–Crippen MR) is 90.2 cm³/mol. The fourth-order valence-corrected chi connectivity index (χ4v) is 2.32. The molecule has 1 heterocycles. The molecule has 138 valence electrons. The first kappa shape index (κ1) is 19.4. The van der Waals surface area contributed by atoms with Crippen LogP contribution in [0.2, 0.25) is 0 Å². The maximum atomic E-state index is 12.8. The number of amides is 2. The lowest BCUT2D eigenvalue weighted by atomic mass is 10.1. The van der Waals surface area contributed by atoms with E-state index in [1.807, 2.05) is 0 Å². The summed E-state index contributed by atoms with van der Waals surface area (Å²) in [5, 5.41) is 2.70. The molecule has 1 aromatic heterocycles. The molecule has 0 aliphatic rings. The first-order chi connectivity index (χ1) is 12.3. The number of hydrogen-bond acceptors (Lipinski definition) is 3. The minimum Gasteiger partial charge on any atom is -0.352 e. The van der Waals surface area contributed by atoms with Crippen LogP contribution in [0.3, 0.4) is 0 Å². The van der Waals surface area contributed by atoms with Crippen LogP contribution in [0.4, 0.5) is 18.9 Å². The highest BCUT2D eigenvalue weighted by Crippen LogP contribution is 2.31. The zero-order valence-corrected chi connectivity index (χ0v) is 14.1. The summed E-state index contributed by atoms with van der Waals surface area (Å²) in [4.78, 5) is 28.8. The van der Waals surface area contributed by atoms with Gasteiger partial charge in [0, 0.05) is 44.5 Å². The SMILES string of the molecule is CC(=O)N(CCC(=O)NCc1ccncc1)c1cccc(C(F)(F)F)c1. The molecule has 0 bridgehead atoms. The van der Waals surface area contributed by atoms with Gasteiger partial charge < -0.3 is 10.2 Å². The van der Waals surface area contributed by atoms with Crippen LogP contribution in [0, 0.1) is 0 Å². The molecule has 1 aromatic carbocycles. The molecule has 5 nitrogen and oxygen atoms in total. The summed E-state index contributed by atoms with van der Waals surface area (Å²) >= 11 is 0. The first-order valence-electron chi connectivity index (χ1n) is 7.88. The van der Waals surface area contributed by atoms with Gasteiger partial charge in [-0.15, -0.1) is 0 Å². The van der Waals surface area contributed by atoms with E-state index in [4.69, 9.17) is 0 Å². The fourth-order valence-electron chi connectivity index (χ4n) is 2.32. The molecule has 26 heavy (non-hydrogen) atoms. The van der Waals surface area contributed by atoms with E-state index in [2.05, 4.69) is 10.3 Å². The van der Waals surface area contributed by atoms with E-state index in [0.717, 1.165) is 22.6 Å². The van der Waals surface area contributed by atoms with E-state index >= 15 is 0 Å². The number of pyridine rings is 1. The van der Waals surface area contributed by atoms with E-state index in [9.17, 15) is 22.8 Å². The average Bonchev–Trinajstić information content (AvgIpc) is 2.60. The number of nitrogens with zero attached hydrogens (tertiary/aromatic N) is 2. The smallest absolute Gasteiger partial charge is 0.352 e. The molecular weight excluding hydrogens is 347 g/mol. The van der Waals surface area contributed by atoms with Gasteiger partial charge in [0.15, 0.2) is 0 Å². The second-order valence-electron chi connectivity index (χ2n) is 5.60. The number of nitrogens with one attached hydrogen (secondary N) is 1. The first-order valence-corrected chi connectivity index (χ1v) is 7.88. The number of anilines is 1. The molecule has 0 unspecified atom stereocenters. The Bertz CT molecular complexity index is 764. The zero-order valence-electron chi connectivity index (χ0n) is 14.1. The molecule has 0 radical (unpaired) electrons. The highest BCUT2D eigenvalue weighted by molar-refractivity contribution is 5.92. The second-order valence-corrected chi connectivity index (χ2v) is 5.60. The Kier molecular flexibility index (Phi) is 6.32. The third kappa shape index (κ3) is 5.58. The van der Waals surface area contributed by atoms with Gasteiger partial charge in [-0.1, -0.05) is 6.07 Å². The van der Waals surface area contributed by atoms with E-state index < -0.39 is 17.6 Å². The number of carbonyl (C=O) groups excluding carboxylic acids is 2. The summed E-state index contributed by atoms with van der Waals surface area (Å²) in [6, 6.07) is 7.98. The van der Waals surface area contributed by atoms with E-state index in [1.165, 1.54) is 19.1 Å². The number of carbonyl (C=O) groups is 2. The lowest BCUT2D eigenvalue weighted by molar-refractivity contribution is -0.137. The summed E-state index contributed by atoms with van der Waals surface area (Å²) in [6.07, 6.45) is -1.32. The van der Waals surface area contributed by atoms with Crippen molar-refractivity contribution in [2.45, 2.75) is 26.1 Å². The Morgan fingerprint density at radius 1 is 1.15 bits per heavy atom. The lowest BCUT2D eigenvalue weighted by Crippen LogP contribution is -2.33. The molecule has 1 N–H and O–H groups in total. The van der Waals surface area contributed by atoms with Crippen LogP contribution in [-0.2, 0) is 22.3 Å². The number of hydrogen-bond donors (Lipinski definition) is 1. The van der Waals surface area contributed by atoms with Crippen LogP contribution >= 0.6 is 0 Å². The quantitative estimate of drug-likeness (QED) is 0.855. The molecule has 0 atom stereocenters. The standard InChI is InChI=1S/C18H18F3N3O2/c1-13(25)24(16-4-2-3-15(11-16)18(19,20)21)10-7-17(26)23-12-14-5-8-22-9-6-14/h2-6,8-9,11H,7,10,12H2,1H3,(H,23,26). The molecule has 0 saturated carbocycles. The summed E-state index contributed by atoms with van der Waals surface area (Å²) in [7, 11) is 0. The second kappa shape index (κ2) is 8.46. The van der Waals surface area contributed by atoms with Gasteiger partial charge in [0.05, 0.1) is 5.56 Å². The number of halogens is 3. The van der Waals surface area contributed by atoms with E-state index in [0.29, 0.717) is 6.54 Å². The van der Waals surface area contributed by atoms with Gasteiger partial charge >= 0.3 is 6.18 Å². The van der Waals surface area contributed by atoms with Crippen molar-refractivity contribution in [3.8, 4) is 0 Å². The summed E-state index contributed by atoms with van der Waals surface area (Å²) < 4.78 is 38.5. The molecule has 0 aliphatic carbocycles. The number of aromatic nitrogens is 1. The van der Waals surface area contributed by atoms with Crippen molar-refractivity contribution in [1.29, 1.82) is 0 Å². The van der Waals surface area contributed by atoms with Gasteiger partial charge in [0.25, 0.3) is 0 Å². The van der Waals surface area contributed by atoms with Crippen molar-refractivity contribution in [2.75, 3.05) is 11.4 Å². The van der Waals surface area contributed by atoms with Gasteiger partial charge in [0.2, 0.25) is 11.8 Å². The molecule has 0 aliphatic heterocycles. The molecular formula is C18H18F3N3O2. The van der Waals surface area contributed by atoms with Crippen molar-refractivity contribution in [3.05, 3.63) is 59.9 Å². The largest absolute Gasteiger partial charge is 0.416 e.